The Balaban J connectivity index is 1.21. The van der Waals surface area contributed by atoms with Gasteiger partial charge in [-0.25, -0.2) is 4.98 Å². The molecule has 0 aliphatic heterocycles. The van der Waals surface area contributed by atoms with Gasteiger partial charge in [-0.15, -0.1) is 0 Å². The van der Waals surface area contributed by atoms with Crippen molar-refractivity contribution in [2.24, 2.45) is 0 Å². The Kier molecular flexibility index (Phi) is 7.94. The number of aromatic nitrogens is 4. The van der Waals surface area contributed by atoms with Crippen molar-refractivity contribution >= 4 is 38.5 Å². The first-order valence-corrected chi connectivity index (χ1v) is 18.0. The van der Waals surface area contributed by atoms with Crippen LogP contribution in [0, 0.1) is 0 Å². The number of fused-ring (bicyclic) bond motifs is 4. The van der Waals surface area contributed by atoms with Crippen molar-refractivity contribution in [2.75, 3.05) is 19.0 Å². The van der Waals surface area contributed by atoms with E-state index in [0.717, 1.165) is 61.8 Å². The van der Waals surface area contributed by atoms with E-state index >= 15 is 0 Å². The Hall–Kier alpha value is -5.88. The molecular weight excluding hydrogens is 639 g/mol. The number of hydrogen-bond acceptors (Lipinski definition) is 3. The fraction of sp³-hybridized carbons (Fsp3) is 0.217. The van der Waals surface area contributed by atoms with Gasteiger partial charge < -0.3 is 9.64 Å². The quantitative estimate of drug-likeness (QED) is 0.164. The number of pyridine rings is 1. The summed E-state index contributed by atoms with van der Waals surface area (Å²) in [6.45, 7) is 13.7. The molecule has 8 rings (SSSR count). The molecule has 6 nitrogen and oxygen atoms in total. The van der Waals surface area contributed by atoms with Crippen LogP contribution in [0.5, 0.6) is 11.5 Å². The third-order valence-corrected chi connectivity index (χ3v) is 10.0. The highest BCUT2D eigenvalue weighted by Gasteiger charge is 2.25. The molecular formula is C46H46N5O+. The van der Waals surface area contributed by atoms with Gasteiger partial charge in [-0.3, -0.25) is 4.57 Å². The number of ether oxygens (including phenoxy) is 1. The molecule has 6 heteroatoms. The second kappa shape index (κ2) is 12.4. The molecule has 3 aromatic heterocycles. The van der Waals surface area contributed by atoms with Crippen molar-refractivity contribution in [3.63, 3.8) is 0 Å². The van der Waals surface area contributed by atoms with Crippen LogP contribution in [-0.2, 0) is 10.8 Å². The van der Waals surface area contributed by atoms with Crippen molar-refractivity contribution in [3.8, 4) is 28.7 Å². The molecule has 0 unspecified atom stereocenters. The molecule has 0 N–H and O–H groups in total. The van der Waals surface area contributed by atoms with Gasteiger partial charge in [0.05, 0.1) is 11.0 Å². The van der Waals surface area contributed by atoms with Gasteiger partial charge in [-0.2, -0.15) is 9.13 Å². The number of imidazole rings is 1. The number of nitrogens with zero attached hydrogens (tertiary/aromatic N) is 5. The zero-order chi connectivity index (χ0) is 36.4. The molecule has 5 aromatic carbocycles. The number of benzene rings is 5. The topological polar surface area (TPSA) is 39.1 Å². The molecule has 0 atom stereocenters. The predicted octanol–water partition coefficient (Wildman–Crippen LogP) is 10.9. The standard InChI is InChI=1S/C46H46N5O/c1-45(2,3)31-24-32(46(4,5)6)26-35(25-31)50-30-49(41-18-11-12-19-42(41)50)34-14-13-15-36(27-34)52-37-20-21-39-38-16-9-10-17-40(38)51(43(39)29-37)44-28-33(48(7)8)22-23-47-44/h9-30H,1-8H3/q+1. The number of rotatable bonds is 6. The third kappa shape index (κ3) is 5.98. The lowest BCUT2D eigenvalue weighted by molar-refractivity contribution is -0.567. The lowest BCUT2D eigenvalue weighted by atomic mass is 9.80. The van der Waals surface area contributed by atoms with Gasteiger partial charge in [-0.05, 0) is 82.6 Å². The Morgan fingerprint density at radius 1 is 0.615 bits per heavy atom. The molecule has 0 aliphatic rings. The fourth-order valence-corrected chi connectivity index (χ4v) is 7.04. The summed E-state index contributed by atoms with van der Waals surface area (Å²) in [6, 6.07) is 43.0. The normalized spacial score (nSPS) is 12.2. The Labute approximate surface area is 306 Å². The van der Waals surface area contributed by atoms with Crippen LogP contribution in [0.4, 0.5) is 5.69 Å². The largest absolute Gasteiger partial charge is 0.457 e. The van der Waals surface area contributed by atoms with E-state index in [4.69, 9.17) is 9.72 Å². The van der Waals surface area contributed by atoms with Gasteiger partial charge in [0.1, 0.15) is 28.7 Å². The lowest BCUT2D eigenvalue weighted by Crippen LogP contribution is -2.31. The molecule has 0 fully saturated rings. The van der Waals surface area contributed by atoms with Gasteiger partial charge in [0.25, 0.3) is 6.33 Å². The summed E-state index contributed by atoms with van der Waals surface area (Å²) in [5, 5.41) is 2.33. The molecule has 260 valence electrons. The van der Waals surface area contributed by atoms with Gasteiger partial charge in [0, 0.05) is 55.0 Å². The van der Waals surface area contributed by atoms with Gasteiger partial charge in [-0.1, -0.05) is 84.0 Å². The fourth-order valence-electron chi connectivity index (χ4n) is 7.04. The van der Waals surface area contributed by atoms with Crippen LogP contribution in [0.3, 0.4) is 0 Å². The minimum absolute atomic E-state index is 0.0186. The van der Waals surface area contributed by atoms with E-state index < -0.39 is 0 Å². The van der Waals surface area contributed by atoms with Crippen LogP contribution in [0.25, 0.3) is 50.0 Å². The van der Waals surface area contributed by atoms with Crippen LogP contribution in [0.2, 0.25) is 0 Å². The van der Waals surface area contributed by atoms with Crippen molar-refractivity contribution in [2.45, 2.75) is 52.4 Å². The minimum Gasteiger partial charge on any atom is -0.457 e. The van der Waals surface area contributed by atoms with Crippen molar-refractivity contribution in [1.29, 1.82) is 0 Å². The molecule has 0 bridgehead atoms. The smallest absolute Gasteiger partial charge is 0.255 e. The summed E-state index contributed by atoms with van der Waals surface area (Å²) in [5.41, 5.74) is 10.4. The maximum atomic E-state index is 6.65. The highest BCUT2D eigenvalue weighted by molar-refractivity contribution is 6.09. The molecule has 0 aliphatic carbocycles. The predicted molar refractivity (Wildman–Crippen MR) is 215 cm³/mol. The maximum absolute atomic E-state index is 6.65. The average Bonchev–Trinajstić information content (AvgIpc) is 3.67. The SMILES string of the molecule is CN(C)c1ccnc(-n2c3ccccc3c3ccc(Oc4cccc(-n5c[n+](-c6cc(C(C)(C)C)cc(C(C)(C)C)c6)c6ccccc65)c4)cc32)c1. The van der Waals surface area contributed by atoms with E-state index in [1.54, 1.807) is 0 Å². The molecule has 0 amide bonds. The van der Waals surface area contributed by atoms with E-state index in [2.05, 4.69) is 176 Å². The molecule has 0 saturated carbocycles. The van der Waals surface area contributed by atoms with Gasteiger partial charge in [0.2, 0.25) is 0 Å². The summed E-state index contributed by atoms with van der Waals surface area (Å²) < 4.78 is 13.4. The Morgan fingerprint density at radius 3 is 2.02 bits per heavy atom. The van der Waals surface area contributed by atoms with Gasteiger partial charge in [0.15, 0.2) is 11.0 Å². The molecule has 3 heterocycles. The van der Waals surface area contributed by atoms with Crippen LogP contribution < -0.4 is 14.2 Å². The summed E-state index contributed by atoms with van der Waals surface area (Å²) in [5.74, 6) is 2.40. The first kappa shape index (κ1) is 33.3. The second-order valence-electron chi connectivity index (χ2n) is 16.0. The van der Waals surface area contributed by atoms with Crippen LogP contribution in [0.1, 0.15) is 52.7 Å². The molecule has 8 aromatic rings. The van der Waals surface area contributed by atoms with Crippen molar-refractivity contribution in [3.05, 3.63) is 145 Å². The van der Waals surface area contributed by atoms with E-state index in [-0.39, 0.29) is 10.8 Å². The first-order valence-electron chi connectivity index (χ1n) is 18.0. The van der Waals surface area contributed by atoms with E-state index in [1.807, 2.05) is 32.4 Å². The average molecular weight is 685 g/mol. The zero-order valence-corrected chi connectivity index (χ0v) is 31.3. The Bertz CT molecular complexity index is 2580. The number of hydrogen-bond donors (Lipinski definition) is 0. The molecule has 52 heavy (non-hydrogen) atoms. The summed E-state index contributed by atoms with van der Waals surface area (Å²) in [6.07, 6.45) is 4.08. The van der Waals surface area contributed by atoms with Crippen molar-refractivity contribution < 1.29 is 9.30 Å². The van der Waals surface area contributed by atoms with Crippen molar-refractivity contribution in [1.82, 2.24) is 14.1 Å². The highest BCUT2D eigenvalue weighted by atomic mass is 16.5. The van der Waals surface area contributed by atoms with E-state index in [0.29, 0.717) is 0 Å². The van der Waals surface area contributed by atoms with Crippen LogP contribution in [0.15, 0.2) is 134 Å². The summed E-state index contributed by atoms with van der Waals surface area (Å²) in [7, 11) is 4.10. The zero-order valence-electron chi connectivity index (χ0n) is 31.3. The maximum Gasteiger partial charge on any atom is 0.255 e. The van der Waals surface area contributed by atoms with Gasteiger partial charge >= 0.3 is 0 Å². The number of para-hydroxylation sites is 3. The molecule has 0 saturated heterocycles. The number of anilines is 1. The monoisotopic (exact) mass is 684 g/mol. The summed E-state index contributed by atoms with van der Waals surface area (Å²) in [4.78, 5) is 6.90. The first-order chi connectivity index (χ1) is 24.8. The summed E-state index contributed by atoms with van der Waals surface area (Å²) >= 11 is 0. The Morgan fingerprint density at radius 2 is 1.29 bits per heavy atom. The molecule has 0 spiro atoms. The minimum atomic E-state index is 0.0186. The highest BCUT2D eigenvalue weighted by Crippen LogP contribution is 2.36. The molecule has 0 radical (unpaired) electrons. The van der Waals surface area contributed by atoms with Crippen LogP contribution in [-0.4, -0.2) is 28.2 Å². The van der Waals surface area contributed by atoms with E-state index in [9.17, 15) is 0 Å². The lowest BCUT2D eigenvalue weighted by Gasteiger charge is -2.25. The van der Waals surface area contributed by atoms with E-state index in [1.165, 1.54) is 16.5 Å². The van der Waals surface area contributed by atoms with Crippen LogP contribution >= 0.6 is 0 Å². The second-order valence-corrected chi connectivity index (χ2v) is 16.0. The third-order valence-electron chi connectivity index (χ3n) is 10.0.